The Balaban J connectivity index is 1.63. The van der Waals surface area contributed by atoms with Crippen LogP contribution in [0, 0.1) is 0 Å². The van der Waals surface area contributed by atoms with Gasteiger partial charge in [0.15, 0.2) is 0 Å². The minimum atomic E-state index is -0.0931. The summed E-state index contributed by atoms with van der Waals surface area (Å²) in [5.74, 6) is 1.42. The van der Waals surface area contributed by atoms with Crippen molar-refractivity contribution >= 4 is 11.7 Å². The van der Waals surface area contributed by atoms with E-state index in [0.29, 0.717) is 24.1 Å². The van der Waals surface area contributed by atoms with E-state index in [1.807, 2.05) is 32.0 Å². The molecule has 0 saturated carbocycles. The van der Waals surface area contributed by atoms with Gasteiger partial charge in [-0.05, 0) is 51.7 Å². The van der Waals surface area contributed by atoms with Crippen molar-refractivity contribution in [1.82, 2.24) is 5.32 Å². The molecule has 138 valence electrons. The molecule has 0 bridgehead atoms. The number of methoxy groups -OCH3 is 1. The van der Waals surface area contributed by atoms with Gasteiger partial charge in [-0.1, -0.05) is 0 Å². The third-order valence-corrected chi connectivity index (χ3v) is 4.79. The summed E-state index contributed by atoms with van der Waals surface area (Å²) in [5, 5.41) is 3.11. The molecule has 0 aliphatic carbocycles. The summed E-state index contributed by atoms with van der Waals surface area (Å²) in [7, 11) is 1.62. The van der Waals surface area contributed by atoms with Crippen molar-refractivity contribution in [2.24, 2.45) is 0 Å². The molecule has 6 heteroatoms. The highest BCUT2D eigenvalue weighted by Crippen LogP contribution is 2.36. The second kappa shape index (κ2) is 7.95. The van der Waals surface area contributed by atoms with Gasteiger partial charge in [0.2, 0.25) is 0 Å². The van der Waals surface area contributed by atoms with E-state index in [-0.39, 0.29) is 18.2 Å². The van der Waals surface area contributed by atoms with E-state index in [9.17, 15) is 4.79 Å². The van der Waals surface area contributed by atoms with Crippen LogP contribution >= 0.6 is 0 Å². The normalized spacial score (nSPS) is 23.6. The highest BCUT2D eigenvalue weighted by atomic mass is 16.5. The van der Waals surface area contributed by atoms with Gasteiger partial charge in [0.1, 0.15) is 17.6 Å². The lowest BCUT2D eigenvalue weighted by molar-refractivity contribution is 0.100. The lowest BCUT2D eigenvalue weighted by atomic mass is 10.1. The molecule has 1 fully saturated rings. The number of rotatable bonds is 5. The van der Waals surface area contributed by atoms with Gasteiger partial charge in [0.25, 0.3) is 0 Å². The van der Waals surface area contributed by atoms with Crippen molar-refractivity contribution in [2.45, 2.75) is 57.8 Å². The van der Waals surface area contributed by atoms with E-state index >= 15 is 0 Å². The first kappa shape index (κ1) is 17.9. The van der Waals surface area contributed by atoms with Crippen molar-refractivity contribution in [3.63, 3.8) is 0 Å². The van der Waals surface area contributed by atoms with Crippen molar-refractivity contribution in [3.05, 3.63) is 18.2 Å². The fourth-order valence-corrected chi connectivity index (χ4v) is 3.41. The first-order chi connectivity index (χ1) is 12.1. The maximum atomic E-state index is 12.8. The molecular formula is C19H28N2O4. The van der Waals surface area contributed by atoms with Crippen molar-refractivity contribution in [3.8, 4) is 11.5 Å². The third-order valence-electron chi connectivity index (χ3n) is 4.79. The van der Waals surface area contributed by atoms with Crippen molar-refractivity contribution in [2.75, 3.05) is 25.2 Å². The summed E-state index contributed by atoms with van der Waals surface area (Å²) >= 11 is 0. The van der Waals surface area contributed by atoms with Gasteiger partial charge in [-0.2, -0.15) is 0 Å². The summed E-state index contributed by atoms with van der Waals surface area (Å²) in [6.07, 6.45) is 4.50. The molecule has 2 aliphatic rings. The molecule has 6 nitrogen and oxygen atoms in total. The summed E-state index contributed by atoms with van der Waals surface area (Å²) < 4.78 is 16.8. The largest absolute Gasteiger partial charge is 0.497 e. The summed E-state index contributed by atoms with van der Waals surface area (Å²) in [6, 6.07) is 5.55. The fraction of sp³-hybridized carbons (Fsp3) is 0.632. The standard InChI is InChI=1S/C19H28N2O4/c1-13(6-7-15-5-4-10-24-15)20-19(22)21-12-14(2)25-18-9-8-16(23-3)11-17(18)21/h8-9,11,13-15H,4-7,10,12H2,1-3H3,(H,20,22)/t13-,14+,15-/m1/s1. The second-order valence-corrected chi connectivity index (χ2v) is 6.94. The average molecular weight is 348 g/mol. The Bertz CT molecular complexity index is 601. The number of benzene rings is 1. The number of amides is 2. The van der Waals surface area contributed by atoms with E-state index in [1.54, 1.807) is 12.0 Å². The van der Waals surface area contributed by atoms with Crippen LogP contribution in [0.1, 0.15) is 39.5 Å². The topological polar surface area (TPSA) is 60.0 Å². The van der Waals surface area contributed by atoms with Crippen molar-refractivity contribution in [1.29, 1.82) is 0 Å². The van der Waals surface area contributed by atoms with E-state index < -0.39 is 0 Å². The summed E-state index contributed by atoms with van der Waals surface area (Å²) in [6.45, 7) is 5.40. The van der Waals surface area contributed by atoms with Gasteiger partial charge in [-0.25, -0.2) is 4.79 Å². The summed E-state index contributed by atoms with van der Waals surface area (Å²) in [4.78, 5) is 14.5. The molecule has 0 aromatic heterocycles. The molecule has 1 saturated heterocycles. The zero-order valence-corrected chi connectivity index (χ0v) is 15.3. The number of carbonyl (C=O) groups is 1. The van der Waals surface area contributed by atoms with E-state index in [2.05, 4.69) is 5.32 Å². The number of urea groups is 1. The van der Waals surface area contributed by atoms with Crippen LogP contribution in [0.25, 0.3) is 0 Å². The third kappa shape index (κ3) is 4.37. The van der Waals surface area contributed by atoms with Crippen molar-refractivity contribution < 1.29 is 19.0 Å². The monoisotopic (exact) mass is 348 g/mol. The second-order valence-electron chi connectivity index (χ2n) is 6.94. The number of nitrogens with one attached hydrogen (secondary N) is 1. The molecule has 1 aromatic rings. The number of carbonyl (C=O) groups excluding carboxylic acids is 1. The molecule has 25 heavy (non-hydrogen) atoms. The van der Waals surface area contributed by atoms with Gasteiger partial charge in [-0.3, -0.25) is 4.90 Å². The number of fused-ring (bicyclic) bond motifs is 1. The Hall–Kier alpha value is -1.95. The van der Waals surface area contributed by atoms with Gasteiger partial charge < -0.3 is 19.5 Å². The van der Waals surface area contributed by atoms with Crippen LogP contribution < -0.4 is 19.7 Å². The number of ether oxygens (including phenoxy) is 3. The Morgan fingerprint density at radius 3 is 3.04 bits per heavy atom. The Morgan fingerprint density at radius 1 is 1.48 bits per heavy atom. The molecule has 0 radical (unpaired) electrons. The van der Waals surface area contributed by atoms with Gasteiger partial charge in [0.05, 0.1) is 25.4 Å². The number of anilines is 1. The maximum absolute atomic E-state index is 12.8. The molecule has 0 unspecified atom stereocenters. The lowest BCUT2D eigenvalue weighted by Gasteiger charge is -2.34. The van der Waals surface area contributed by atoms with Crippen LogP contribution in [0.4, 0.5) is 10.5 Å². The molecule has 2 aliphatic heterocycles. The first-order valence-corrected chi connectivity index (χ1v) is 9.11. The van der Waals surface area contributed by atoms with Gasteiger partial charge in [0, 0.05) is 18.7 Å². The minimum absolute atomic E-state index is 0.0474. The smallest absolute Gasteiger partial charge is 0.322 e. The summed E-state index contributed by atoms with van der Waals surface area (Å²) in [5.41, 5.74) is 0.751. The van der Waals surface area contributed by atoms with Gasteiger partial charge >= 0.3 is 6.03 Å². The van der Waals surface area contributed by atoms with Gasteiger partial charge in [-0.15, -0.1) is 0 Å². The van der Waals surface area contributed by atoms with E-state index in [1.165, 1.54) is 0 Å². The van der Waals surface area contributed by atoms with E-state index in [4.69, 9.17) is 14.2 Å². The molecule has 0 spiro atoms. The lowest BCUT2D eigenvalue weighted by Crippen LogP contribution is -2.49. The first-order valence-electron chi connectivity index (χ1n) is 9.11. The van der Waals surface area contributed by atoms with Crippen LogP contribution in [0.15, 0.2) is 18.2 Å². The van der Waals surface area contributed by atoms with Crippen LogP contribution in [0.5, 0.6) is 11.5 Å². The Morgan fingerprint density at radius 2 is 2.32 bits per heavy atom. The number of hydrogen-bond donors (Lipinski definition) is 1. The Labute approximate surface area is 149 Å². The Kier molecular flexibility index (Phi) is 5.68. The van der Waals surface area contributed by atoms with Crippen LogP contribution in [-0.4, -0.2) is 44.5 Å². The molecule has 3 atom stereocenters. The predicted molar refractivity (Wildman–Crippen MR) is 96.6 cm³/mol. The van der Waals surface area contributed by atoms with Crippen LogP contribution in [0.3, 0.4) is 0 Å². The SMILES string of the molecule is COc1ccc2c(c1)N(C(=O)N[C@H](C)CC[C@H]1CCCO1)C[C@H](C)O2. The fourth-order valence-electron chi connectivity index (χ4n) is 3.41. The molecule has 3 rings (SSSR count). The molecular weight excluding hydrogens is 320 g/mol. The zero-order chi connectivity index (χ0) is 17.8. The molecule has 1 N–H and O–H groups in total. The molecule has 2 amide bonds. The predicted octanol–water partition coefficient (Wildman–Crippen LogP) is 3.34. The molecule has 2 heterocycles. The minimum Gasteiger partial charge on any atom is -0.497 e. The average Bonchev–Trinajstić information content (AvgIpc) is 3.12. The van der Waals surface area contributed by atoms with Crippen LogP contribution in [0.2, 0.25) is 0 Å². The quantitative estimate of drug-likeness (QED) is 0.887. The highest BCUT2D eigenvalue weighted by Gasteiger charge is 2.29. The maximum Gasteiger partial charge on any atom is 0.322 e. The zero-order valence-electron chi connectivity index (χ0n) is 15.3. The highest BCUT2D eigenvalue weighted by molar-refractivity contribution is 5.94. The van der Waals surface area contributed by atoms with Crippen LogP contribution in [-0.2, 0) is 4.74 Å². The van der Waals surface area contributed by atoms with E-state index in [0.717, 1.165) is 38.0 Å². The molecule has 1 aromatic carbocycles. The number of hydrogen-bond acceptors (Lipinski definition) is 4. The number of nitrogens with zero attached hydrogens (tertiary/aromatic N) is 1.